The van der Waals surface area contributed by atoms with Crippen LogP contribution in [0.5, 0.6) is 0 Å². The molecule has 1 rings (SSSR count). The van der Waals surface area contributed by atoms with Crippen molar-refractivity contribution >= 4 is 33.6 Å². The second-order valence-corrected chi connectivity index (χ2v) is 6.70. The molecule has 23 heavy (non-hydrogen) atoms. The molecule has 7 nitrogen and oxygen atoms in total. The van der Waals surface area contributed by atoms with Crippen LogP contribution in [0, 0.1) is 0 Å². The molecule has 0 aliphatic rings. The first-order chi connectivity index (χ1) is 10.8. The summed E-state index contributed by atoms with van der Waals surface area (Å²) in [6, 6.07) is 3.76. The Kier molecular flexibility index (Phi) is 6.99. The van der Waals surface area contributed by atoms with Crippen molar-refractivity contribution in [3.05, 3.63) is 28.8 Å². The molecule has 0 aliphatic heterocycles. The van der Waals surface area contributed by atoms with Crippen LogP contribution in [-0.4, -0.2) is 51.5 Å². The monoisotopic (exact) mass is 363 g/mol. The van der Waals surface area contributed by atoms with Crippen molar-refractivity contribution in [2.75, 3.05) is 26.8 Å². The number of ether oxygens (including phenoxy) is 2. The van der Waals surface area contributed by atoms with Gasteiger partial charge in [-0.3, -0.25) is 0 Å². The summed E-state index contributed by atoms with van der Waals surface area (Å²) in [5.74, 6) is -1.56. The molecule has 0 aromatic heterocycles. The highest BCUT2D eigenvalue weighted by molar-refractivity contribution is 7.89. The van der Waals surface area contributed by atoms with Gasteiger partial charge in [0.05, 0.1) is 17.7 Å². The van der Waals surface area contributed by atoms with Gasteiger partial charge in [-0.2, -0.15) is 4.31 Å². The van der Waals surface area contributed by atoms with E-state index >= 15 is 0 Å². The first-order valence-electron chi connectivity index (χ1n) is 6.81. The Morgan fingerprint density at radius 2 is 1.83 bits per heavy atom. The number of carbonyl (C=O) groups excluding carboxylic acids is 2. The van der Waals surface area contributed by atoms with Crippen molar-refractivity contribution in [3.63, 3.8) is 0 Å². The highest BCUT2D eigenvalue weighted by Crippen LogP contribution is 2.26. The Labute approximate surface area is 140 Å². The number of benzene rings is 1. The molecule has 0 bridgehead atoms. The van der Waals surface area contributed by atoms with E-state index in [1.165, 1.54) is 16.4 Å². The fourth-order valence-corrected chi connectivity index (χ4v) is 3.76. The second-order valence-electron chi connectivity index (χ2n) is 4.39. The minimum atomic E-state index is -3.82. The zero-order valence-electron chi connectivity index (χ0n) is 13.0. The SMILES string of the molecule is CCN(CC)S(=O)(=O)c1cc(C(=O)OCC(=O)OC)ccc1Cl. The molecule has 0 radical (unpaired) electrons. The Hall–Kier alpha value is -1.64. The van der Waals surface area contributed by atoms with Gasteiger partial charge < -0.3 is 9.47 Å². The van der Waals surface area contributed by atoms with Gasteiger partial charge in [0, 0.05) is 13.1 Å². The molecule has 0 amide bonds. The zero-order valence-corrected chi connectivity index (χ0v) is 14.6. The van der Waals surface area contributed by atoms with Crippen molar-refractivity contribution in [2.45, 2.75) is 18.7 Å². The summed E-state index contributed by atoms with van der Waals surface area (Å²) < 4.78 is 35.3. The maximum absolute atomic E-state index is 12.5. The topological polar surface area (TPSA) is 90.0 Å². The van der Waals surface area contributed by atoms with E-state index in [1.54, 1.807) is 13.8 Å². The van der Waals surface area contributed by atoms with E-state index < -0.39 is 28.6 Å². The average Bonchev–Trinajstić information content (AvgIpc) is 2.53. The minimum absolute atomic E-state index is 0.00131. The number of methoxy groups -OCH3 is 1. The summed E-state index contributed by atoms with van der Waals surface area (Å²) in [5, 5.41) is 0.00131. The number of nitrogens with zero attached hydrogens (tertiary/aromatic N) is 1. The molecule has 0 spiro atoms. The molecule has 0 aliphatic carbocycles. The van der Waals surface area contributed by atoms with Gasteiger partial charge in [0.25, 0.3) is 0 Å². The van der Waals surface area contributed by atoms with Gasteiger partial charge in [0.1, 0.15) is 4.90 Å². The number of halogens is 1. The third-order valence-corrected chi connectivity index (χ3v) is 5.57. The average molecular weight is 364 g/mol. The maximum Gasteiger partial charge on any atom is 0.344 e. The normalized spacial score (nSPS) is 11.3. The molecular formula is C14H18ClNO6S. The molecular weight excluding hydrogens is 346 g/mol. The molecule has 128 valence electrons. The fraction of sp³-hybridized carbons (Fsp3) is 0.429. The highest BCUT2D eigenvalue weighted by atomic mass is 35.5. The predicted molar refractivity (Wildman–Crippen MR) is 83.9 cm³/mol. The largest absolute Gasteiger partial charge is 0.466 e. The van der Waals surface area contributed by atoms with E-state index in [0.717, 1.165) is 13.2 Å². The molecule has 0 atom stereocenters. The van der Waals surface area contributed by atoms with Gasteiger partial charge in [0.2, 0.25) is 10.0 Å². The molecule has 1 aromatic carbocycles. The molecule has 0 saturated heterocycles. The van der Waals surface area contributed by atoms with Crippen LogP contribution in [-0.2, 0) is 24.3 Å². The second kappa shape index (κ2) is 8.28. The van der Waals surface area contributed by atoms with Gasteiger partial charge >= 0.3 is 11.9 Å². The Morgan fingerprint density at radius 3 is 2.35 bits per heavy atom. The van der Waals surface area contributed by atoms with Crippen molar-refractivity contribution in [1.82, 2.24) is 4.31 Å². The summed E-state index contributed by atoms with van der Waals surface area (Å²) >= 11 is 5.96. The summed E-state index contributed by atoms with van der Waals surface area (Å²) in [7, 11) is -2.66. The molecule has 0 fully saturated rings. The van der Waals surface area contributed by atoms with Crippen LogP contribution in [0.15, 0.2) is 23.1 Å². The minimum Gasteiger partial charge on any atom is -0.466 e. The van der Waals surface area contributed by atoms with Gasteiger partial charge in [0.15, 0.2) is 6.61 Å². The number of carbonyl (C=O) groups is 2. The van der Waals surface area contributed by atoms with E-state index in [4.69, 9.17) is 16.3 Å². The van der Waals surface area contributed by atoms with E-state index in [-0.39, 0.29) is 28.6 Å². The molecule has 1 aromatic rings. The lowest BCUT2D eigenvalue weighted by molar-refractivity contribution is -0.144. The molecule has 0 heterocycles. The quantitative estimate of drug-likeness (QED) is 0.685. The third-order valence-electron chi connectivity index (χ3n) is 3.04. The zero-order chi connectivity index (χ0) is 17.6. The van der Waals surface area contributed by atoms with Crippen LogP contribution in [0.4, 0.5) is 0 Å². The maximum atomic E-state index is 12.5. The van der Waals surface area contributed by atoms with Gasteiger partial charge in [-0.15, -0.1) is 0 Å². The van der Waals surface area contributed by atoms with Gasteiger partial charge in [-0.05, 0) is 18.2 Å². The molecule has 0 unspecified atom stereocenters. The van der Waals surface area contributed by atoms with E-state index in [0.29, 0.717) is 0 Å². The van der Waals surface area contributed by atoms with Gasteiger partial charge in [-0.25, -0.2) is 18.0 Å². The lowest BCUT2D eigenvalue weighted by Gasteiger charge is -2.19. The number of sulfonamides is 1. The first-order valence-corrected chi connectivity index (χ1v) is 8.63. The van der Waals surface area contributed by atoms with E-state index in [9.17, 15) is 18.0 Å². The first kappa shape index (κ1) is 19.4. The number of esters is 2. The van der Waals surface area contributed by atoms with Crippen molar-refractivity contribution in [3.8, 4) is 0 Å². The molecule has 0 saturated carbocycles. The summed E-state index contributed by atoms with van der Waals surface area (Å²) in [6.45, 7) is 3.38. The van der Waals surface area contributed by atoms with E-state index in [1.807, 2.05) is 0 Å². The Morgan fingerprint density at radius 1 is 1.22 bits per heavy atom. The highest BCUT2D eigenvalue weighted by Gasteiger charge is 2.26. The predicted octanol–water partition coefficient (Wildman–Crippen LogP) is 1.70. The van der Waals surface area contributed by atoms with Crippen molar-refractivity contribution in [1.29, 1.82) is 0 Å². The smallest absolute Gasteiger partial charge is 0.344 e. The Balaban J connectivity index is 3.13. The van der Waals surface area contributed by atoms with Crippen molar-refractivity contribution < 1.29 is 27.5 Å². The van der Waals surface area contributed by atoms with E-state index in [2.05, 4.69) is 4.74 Å². The number of hydrogen-bond acceptors (Lipinski definition) is 6. The summed E-state index contributed by atoms with van der Waals surface area (Å²) in [4.78, 5) is 22.7. The van der Waals surface area contributed by atoms with Crippen LogP contribution in [0.2, 0.25) is 5.02 Å². The van der Waals surface area contributed by atoms with Crippen LogP contribution < -0.4 is 0 Å². The molecule has 9 heteroatoms. The number of rotatable bonds is 7. The van der Waals surface area contributed by atoms with Crippen LogP contribution in [0.25, 0.3) is 0 Å². The third kappa shape index (κ3) is 4.66. The summed E-state index contributed by atoms with van der Waals surface area (Å²) in [5.41, 5.74) is -0.0240. The number of hydrogen-bond donors (Lipinski definition) is 0. The Bertz CT molecular complexity index is 685. The van der Waals surface area contributed by atoms with Gasteiger partial charge in [-0.1, -0.05) is 25.4 Å². The van der Waals surface area contributed by atoms with Crippen LogP contribution in [0.1, 0.15) is 24.2 Å². The lowest BCUT2D eigenvalue weighted by atomic mass is 10.2. The van der Waals surface area contributed by atoms with Crippen LogP contribution in [0.3, 0.4) is 0 Å². The summed E-state index contributed by atoms with van der Waals surface area (Å²) in [6.07, 6.45) is 0. The lowest BCUT2D eigenvalue weighted by Crippen LogP contribution is -2.31. The van der Waals surface area contributed by atoms with Crippen molar-refractivity contribution in [2.24, 2.45) is 0 Å². The molecule has 0 N–H and O–H groups in total. The standard InChI is InChI=1S/C14H18ClNO6S/c1-4-16(5-2)23(19,20)12-8-10(6-7-11(12)15)14(18)22-9-13(17)21-3/h6-8H,4-5,9H2,1-3H3. The van der Waals surface area contributed by atoms with Crippen LogP contribution >= 0.6 is 11.6 Å². The fourth-order valence-electron chi connectivity index (χ4n) is 1.80.